The molecular formula is C23H20N6O4. The van der Waals surface area contributed by atoms with Crippen molar-refractivity contribution in [1.29, 1.82) is 0 Å². The molecule has 33 heavy (non-hydrogen) atoms. The van der Waals surface area contributed by atoms with Gasteiger partial charge < -0.3 is 15.7 Å². The Hall–Kier alpha value is -4.21. The van der Waals surface area contributed by atoms with Crippen LogP contribution < -0.4 is 15.1 Å². The zero-order chi connectivity index (χ0) is 22.5. The molecule has 0 fully saturated rings. The molecule has 1 amide bonds. The van der Waals surface area contributed by atoms with Crippen LogP contribution in [-0.2, 0) is 25.7 Å². The Balaban J connectivity index is 1.39. The van der Waals surface area contributed by atoms with E-state index in [9.17, 15) is 15.2 Å². The van der Waals surface area contributed by atoms with E-state index < -0.39 is 0 Å². The summed E-state index contributed by atoms with van der Waals surface area (Å²) in [6, 6.07) is 12.8. The van der Waals surface area contributed by atoms with Gasteiger partial charge in [0.05, 0.1) is 15.8 Å². The van der Waals surface area contributed by atoms with Crippen molar-refractivity contribution in [2.75, 3.05) is 5.32 Å². The number of hydrogen-bond acceptors (Lipinski definition) is 6. The summed E-state index contributed by atoms with van der Waals surface area (Å²) >= 11 is 0. The average molecular weight is 444 g/mol. The third-order valence-electron chi connectivity index (χ3n) is 6.40. The Morgan fingerprint density at radius 3 is 2.70 bits per heavy atom. The van der Waals surface area contributed by atoms with Gasteiger partial charge in [0.15, 0.2) is 5.69 Å². The number of aryl methyl sites for hydroxylation is 1. The van der Waals surface area contributed by atoms with Gasteiger partial charge in [0.1, 0.15) is 5.69 Å². The van der Waals surface area contributed by atoms with Crippen LogP contribution in [0.5, 0.6) is 0 Å². The number of para-hydroxylation sites is 1. The summed E-state index contributed by atoms with van der Waals surface area (Å²) in [5, 5.41) is 36.1. The van der Waals surface area contributed by atoms with E-state index in [2.05, 4.69) is 26.3 Å². The molecule has 2 aromatic heterocycles. The number of fused-ring (bicyclic) bond motifs is 4. The van der Waals surface area contributed by atoms with Gasteiger partial charge >= 0.3 is 11.4 Å². The molecule has 0 saturated heterocycles. The summed E-state index contributed by atoms with van der Waals surface area (Å²) in [6.07, 6.45) is 4.83. The molecule has 0 radical (unpaired) electrons. The highest BCUT2D eigenvalue weighted by atomic mass is 16.8. The van der Waals surface area contributed by atoms with Gasteiger partial charge in [-0.15, -0.1) is 4.85 Å². The van der Waals surface area contributed by atoms with Crippen LogP contribution in [0.2, 0.25) is 0 Å². The third-order valence-corrected chi connectivity index (χ3v) is 6.40. The van der Waals surface area contributed by atoms with Gasteiger partial charge in [0.2, 0.25) is 5.69 Å². The lowest BCUT2D eigenvalue weighted by Crippen LogP contribution is -2.42. The molecule has 0 bridgehead atoms. The van der Waals surface area contributed by atoms with Crippen molar-refractivity contribution in [2.45, 2.75) is 38.5 Å². The molecule has 0 aliphatic heterocycles. The zero-order valence-corrected chi connectivity index (χ0v) is 17.7. The first-order valence-corrected chi connectivity index (χ1v) is 10.9. The Kier molecular flexibility index (Phi) is 4.39. The number of nitrogens with one attached hydrogen (secondary N) is 1. The van der Waals surface area contributed by atoms with Crippen LogP contribution in [-0.4, -0.2) is 21.0 Å². The third kappa shape index (κ3) is 3.05. The highest BCUT2D eigenvalue weighted by Gasteiger charge is 2.39. The van der Waals surface area contributed by atoms with E-state index in [4.69, 9.17) is 0 Å². The number of amides is 1. The van der Waals surface area contributed by atoms with Crippen LogP contribution in [0.4, 0.5) is 5.69 Å². The number of anilines is 1. The van der Waals surface area contributed by atoms with Crippen molar-refractivity contribution in [3.63, 3.8) is 0 Å². The summed E-state index contributed by atoms with van der Waals surface area (Å²) in [7, 11) is 0. The molecule has 166 valence electrons. The van der Waals surface area contributed by atoms with Gasteiger partial charge in [-0.1, -0.05) is 24.3 Å². The van der Waals surface area contributed by atoms with E-state index in [1.54, 1.807) is 24.3 Å². The topological polar surface area (TPSA) is 127 Å². The number of rotatable bonds is 3. The van der Waals surface area contributed by atoms with Crippen LogP contribution in [0, 0.1) is 10.4 Å². The number of hydrogen-bond donors (Lipinski definition) is 1. The van der Waals surface area contributed by atoms with Gasteiger partial charge in [-0.05, 0) is 64.7 Å². The summed E-state index contributed by atoms with van der Waals surface area (Å²) in [5.74, 6) is -0.322. The maximum absolute atomic E-state index is 13.3. The van der Waals surface area contributed by atoms with Crippen LogP contribution >= 0.6 is 0 Å². The smallest absolute Gasteiger partial charge is 0.303 e. The average Bonchev–Trinajstić information content (AvgIpc) is 3.39. The Labute approximate surface area is 188 Å². The number of carbonyl (C=O) groups is 1. The van der Waals surface area contributed by atoms with Crippen molar-refractivity contribution in [2.24, 2.45) is 0 Å². The van der Waals surface area contributed by atoms with Gasteiger partial charge in [0, 0.05) is 18.5 Å². The molecule has 2 heterocycles. The van der Waals surface area contributed by atoms with E-state index in [1.165, 1.54) is 11.1 Å². The van der Waals surface area contributed by atoms with Crippen molar-refractivity contribution < 1.29 is 19.2 Å². The predicted octanol–water partition coefficient (Wildman–Crippen LogP) is 2.02. The van der Waals surface area contributed by atoms with Crippen LogP contribution in [0.3, 0.4) is 0 Å². The largest absolute Gasteiger partial charge is 0.692 e. The summed E-state index contributed by atoms with van der Waals surface area (Å²) < 4.78 is 4.69. The lowest BCUT2D eigenvalue weighted by Gasteiger charge is -2.20. The van der Waals surface area contributed by atoms with Crippen LogP contribution in [0.15, 0.2) is 47.1 Å². The summed E-state index contributed by atoms with van der Waals surface area (Å²) in [4.78, 5) is 15.4. The molecule has 2 aromatic carbocycles. The number of carbonyl (C=O) groups excluding carboxylic acids is 1. The highest BCUT2D eigenvalue weighted by Crippen LogP contribution is 2.30. The van der Waals surface area contributed by atoms with Crippen LogP contribution in [0.1, 0.15) is 45.7 Å². The SMILES string of the molecule is O=C(Nc1cccc2c1CCCC2)c1ccccc1-n1nc2c([n+]1[O-])CCc1c-2no[n+]1[O-]. The fourth-order valence-electron chi connectivity index (χ4n) is 4.77. The van der Waals surface area contributed by atoms with E-state index in [0.29, 0.717) is 45.2 Å². The standard InChI is InChI=1S/C23H20N6O4/c30-23(24-17-10-5-7-14-6-1-2-8-15(14)17)16-9-3-4-11-18(16)27-25-21-19(28(27)31)12-13-20-22(21)26-33-29(20)32/h3-5,7,9-11H,1-2,6,8,12-13H2,(H,24,30). The molecule has 1 N–H and O–H groups in total. The van der Waals surface area contributed by atoms with Crippen molar-refractivity contribution in [3.8, 4) is 17.1 Å². The van der Waals surface area contributed by atoms with Crippen molar-refractivity contribution >= 4 is 11.6 Å². The molecule has 4 aromatic rings. The highest BCUT2D eigenvalue weighted by molar-refractivity contribution is 6.07. The first kappa shape index (κ1) is 19.5. The van der Waals surface area contributed by atoms with Crippen molar-refractivity contribution in [3.05, 3.63) is 81.0 Å². The molecule has 10 heteroatoms. The molecule has 0 saturated carbocycles. The monoisotopic (exact) mass is 444 g/mol. The maximum Gasteiger partial charge on any atom is 0.303 e. The fourth-order valence-corrected chi connectivity index (χ4v) is 4.77. The molecule has 0 unspecified atom stereocenters. The summed E-state index contributed by atoms with van der Waals surface area (Å²) in [6.45, 7) is 0. The Bertz CT molecular complexity index is 1410. The Morgan fingerprint density at radius 2 is 1.79 bits per heavy atom. The molecular weight excluding hydrogens is 424 g/mol. The predicted molar refractivity (Wildman–Crippen MR) is 115 cm³/mol. The van der Waals surface area contributed by atoms with Gasteiger partial charge in [-0.3, -0.25) is 9.42 Å². The van der Waals surface area contributed by atoms with Crippen molar-refractivity contribution in [1.82, 2.24) is 15.1 Å². The molecule has 6 rings (SSSR count). The lowest BCUT2D eigenvalue weighted by atomic mass is 9.90. The van der Waals surface area contributed by atoms with E-state index in [-0.39, 0.29) is 17.3 Å². The normalized spacial score (nSPS) is 14.3. The minimum atomic E-state index is -0.322. The van der Waals surface area contributed by atoms with E-state index in [1.807, 2.05) is 12.1 Å². The number of nitrogens with zero attached hydrogens (tertiary/aromatic N) is 5. The summed E-state index contributed by atoms with van der Waals surface area (Å²) in [5.41, 5.74) is 5.16. The minimum absolute atomic E-state index is 0.257. The first-order valence-electron chi connectivity index (χ1n) is 10.9. The quantitative estimate of drug-likeness (QED) is 0.380. The van der Waals surface area contributed by atoms with Gasteiger partial charge in [-0.25, -0.2) is 0 Å². The number of benzene rings is 2. The lowest BCUT2D eigenvalue weighted by molar-refractivity contribution is -0.808. The fraction of sp³-hybridized carbons (Fsp3) is 0.261. The second kappa shape index (κ2) is 7.44. The first-order chi connectivity index (χ1) is 16.1. The zero-order valence-electron chi connectivity index (χ0n) is 17.7. The van der Waals surface area contributed by atoms with E-state index >= 15 is 0 Å². The molecule has 2 aliphatic rings. The minimum Gasteiger partial charge on any atom is -0.692 e. The Morgan fingerprint density at radius 1 is 0.970 bits per heavy atom. The molecule has 0 atom stereocenters. The van der Waals surface area contributed by atoms with Crippen LogP contribution in [0.25, 0.3) is 17.1 Å². The van der Waals surface area contributed by atoms with E-state index in [0.717, 1.165) is 36.2 Å². The second-order valence-corrected chi connectivity index (χ2v) is 8.30. The van der Waals surface area contributed by atoms with Gasteiger partial charge in [-0.2, -0.15) is 0 Å². The van der Waals surface area contributed by atoms with Gasteiger partial charge in [0.25, 0.3) is 5.91 Å². The molecule has 0 spiro atoms. The maximum atomic E-state index is 13.3. The molecule has 10 nitrogen and oxygen atoms in total. The second-order valence-electron chi connectivity index (χ2n) is 8.30. The number of aromatic nitrogens is 5. The molecule has 2 aliphatic carbocycles.